The van der Waals surface area contributed by atoms with Crippen molar-refractivity contribution in [3.8, 4) is 22.5 Å². The molecule has 2 aromatic carbocycles. The smallest absolute Gasteiger partial charge is 0.159 e. The third-order valence-corrected chi connectivity index (χ3v) is 4.23. The largest absolute Gasteiger partial charge is 0.236 e. The van der Waals surface area contributed by atoms with E-state index in [1.807, 2.05) is 36.7 Å². The SMILES string of the molecule is CCCCCCc1ccc(-c2ncc(-c3cc[c]cc3)cn2)cc1. The standard InChI is InChI=1S/C22H23N2/c1-2-3-4-6-9-18-12-14-20(15-13-18)22-23-16-21(17-24-22)19-10-7-5-8-11-19/h7-8,10-17H,2-4,6,9H2,1H3. The zero-order chi connectivity index (χ0) is 16.6. The third kappa shape index (κ3) is 4.29. The first-order chi connectivity index (χ1) is 11.9. The number of rotatable bonds is 7. The van der Waals surface area contributed by atoms with E-state index in [4.69, 9.17) is 0 Å². The van der Waals surface area contributed by atoms with Crippen molar-refractivity contribution in [2.75, 3.05) is 0 Å². The summed E-state index contributed by atoms with van der Waals surface area (Å²) in [5.74, 6) is 0.777. The molecule has 0 aliphatic heterocycles. The maximum Gasteiger partial charge on any atom is 0.159 e. The summed E-state index contributed by atoms with van der Waals surface area (Å²) in [4.78, 5) is 9.04. The second-order valence-electron chi connectivity index (χ2n) is 6.09. The molecule has 0 fully saturated rings. The van der Waals surface area contributed by atoms with Crippen molar-refractivity contribution in [1.29, 1.82) is 0 Å². The number of aromatic nitrogens is 2. The maximum atomic E-state index is 4.52. The van der Waals surface area contributed by atoms with Gasteiger partial charge in [0.05, 0.1) is 0 Å². The highest BCUT2D eigenvalue weighted by molar-refractivity contribution is 5.63. The molecule has 0 aliphatic carbocycles. The van der Waals surface area contributed by atoms with Crippen molar-refractivity contribution in [1.82, 2.24) is 9.97 Å². The Morgan fingerprint density at radius 3 is 2.12 bits per heavy atom. The summed E-state index contributed by atoms with van der Waals surface area (Å²) in [6, 6.07) is 19.5. The van der Waals surface area contributed by atoms with Crippen LogP contribution in [0, 0.1) is 6.07 Å². The van der Waals surface area contributed by atoms with Crippen LogP contribution in [-0.4, -0.2) is 9.97 Å². The molecule has 2 nitrogen and oxygen atoms in total. The number of nitrogens with zero attached hydrogens (tertiary/aromatic N) is 2. The first-order valence-electron chi connectivity index (χ1n) is 8.74. The maximum absolute atomic E-state index is 4.52. The fraction of sp³-hybridized carbons (Fsp3) is 0.273. The molecule has 3 rings (SSSR count). The normalized spacial score (nSPS) is 10.7. The highest BCUT2D eigenvalue weighted by Gasteiger charge is 2.03. The fourth-order valence-corrected chi connectivity index (χ4v) is 2.78. The van der Waals surface area contributed by atoms with E-state index in [9.17, 15) is 0 Å². The van der Waals surface area contributed by atoms with E-state index in [0.717, 1.165) is 28.9 Å². The molecule has 0 aliphatic rings. The third-order valence-electron chi connectivity index (χ3n) is 4.23. The summed E-state index contributed by atoms with van der Waals surface area (Å²) in [6.45, 7) is 2.25. The summed E-state index contributed by atoms with van der Waals surface area (Å²) >= 11 is 0. The Morgan fingerprint density at radius 1 is 0.750 bits per heavy atom. The van der Waals surface area contributed by atoms with Crippen molar-refractivity contribution in [2.24, 2.45) is 0 Å². The Labute approximate surface area is 144 Å². The van der Waals surface area contributed by atoms with Crippen LogP contribution in [0.15, 0.2) is 60.9 Å². The molecule has 0 saturated carbocycles. The van der Waals surface area contributed by atoms with Crippen molar-refractivity contribution >= 4 is 0 Å². The van der Waals surface area contributed by atoms with Crippen LogP contribution in [0.4, 0.5) is 0 Å². The minimum atomic E-state index is 0.777. The molecule has 24 heavy (non-hydrogen) atoms. The monoisotopic (exact) mass is 315 g/mol. The zero-order valence-electron chi connectivity index (χ0n) is 14.2. The van der Waals surface area contributed by atoms with Crippen LogP contribution < -0.4 is 0 Å². The van der Waals surface area contributed by atoms with E-state index >= 15 is 0 Å². The van der Waals surface area contributed by atoms with Crippen LogP contribution in [0.25, 0.3) is 22.5 Å². The Balaban J connectivity index is 1.66. The highest BCUT2D eigenvalue weighted by atomic mass is 14.9. The summed E-state index contributed by atoms with van der Waals surface area (Å²) < 4.78 is 0. The van der Waals surface area contributed by atoms with Gasteiger partial charge in [-0.15, -0.1) is 0 Å². The molecule has 0 amide bonds. The van der Waals surface area contributed by atoms with Crippen LogP contribution in [0.2, 0.25) is 0 Å². The predicted molar refractivity (Wildman–Crippen MR) is 99.6 cm³/mol. The Bertz CT molecular complexity index is 731. The lowest BCUT2D eigenvalue weighted by molar-refractivity contribution is 0.667. The molecule has 0 spiro atoms. The molecule has 0 atom stereocenters. The van der Waals surface area contributed by atoms with Gasteiger partial charge in [-0.2, -0.15) is 0 Å². The summed E-state index contributed by atoms with van der Waals surface area (Å²) in [5.41, 5.74) is 4.61. The molecule has 1 aromatic heterocycles. The molecule has 1 radical (unpaired) electrons. The van der Waals surface area contributed by atoms with Crippen molar-refractivity contribution < 1.29 is 0 Å². The van der Waals surface area contributed by atoms with E-state index in [1.165, 1.54) is 31.2 Å². The van der Waals surface area contributed by atoms with Crippen molar-refractivity contribution in [3.05, 3.63) is 72.6 Å². The molecular weight excluding hydrogens is 292 g/mol. The quantitative estimate of drug-likeness (QED) is 0.520. The first kappa shape index (κ1) is 16.4. The molecule has 0 unspecified atom stereocenters. The van der Waals surface area contributed by atoms with Gasteiger partial charge < -0.3 is 0 Å². The molecule has 0 bridgehead atoms. The summed E-state index contributed by atoms with van der Waals surface area (Å²) in [7, 11) is 0. The molecule has 1 heterocycles. The minimum absolute atomic E-state index is 0.777. The molecule has 2 heteroatoms. The number of aryl methyl sites for hydroxylation is 1. The lowest BCUT2D eigenvalue weighted by atomic mass is 10.0. The van der Waals surface area contributed by atoms with E-state index < -0.39 is 0 Å². The van der Waals surface area contributed by atoms with Gasteiger partial charge in [0.25, 0.3) is 0 Å². The van der Waals surface area contributed by atoms with Crippen LogP contribution in [0.5, 0.6) is 0 Å². The van der Waals surface area contributed by atoms with Gasteiger partial charge in [-0.3, -0.25) is 0 Å². The number of hydrogen-bond donors (Lipinski definition) is 0. The topological polar surface area (TPSA) is 25.8 Å². The van der Waals surface area contributed by atoms with E-state index in [1.54, 1.807) is 0 Å². The predicted octanol–water partition coefficient (Wildman–Crippen LogP) is 5.73. The average Bonchev–Trinajstić information content (AvgIpc) is 2.67. The van der Waals surface area contributed by atoms with Crippen LogP contribution in [0.1, 0.15) is 38.2 Å². The lowest BCUT2D eigenvalue weighted by Gasteiger charge is -2.05. The highest BCUT2D eigenvalue weighted by Crippen LogP contribution is 2.20. The van der Waals surface area contributed by atoms with Gasteiger partial charge in [0, 0.05) is 23.5 Å². The van der Waals surface area contributed by atoms with Crippen molar-refractivity contribution in [2.45, 2.75) is 39.0 Å². The molecule has 0 saturated heterocycles. The second-order valence-corrected chi connectivity index (χ2v) is 6.09. The van der Waals surface area contributed by atoms with Gasteiger partial charge in [-0.25, -0.2) is 9.97 Å². The number of hydrogen-bond acceptors (Lipinski definition) is 2. The van der Waals surface area contributed by atoms with E-state index in [0.29, 0.717) is 0 Å². The fourth-order valence-electron chi connectivity index (χ4n) is 2.78. The molecule has 121 valence electrons. The van der Waals surface area contributed by atoms with Crippen LogP contribution in [0.3, 0.4) is 0 Å². The van der Waals surface area contributed by atoms with Gasteiger partial charge in [-0.05, 0) is 30.0 Å². The van der Waals surface area contributed by atoms with Crippen molar-refractivity contribution in [3.63, 3.8) is 0 Å². The molecule has 3 aromatic rings. The summed E-state index contributed by atoms with van der Waals surface area (Å²) in [5, 5.41) is 0. The zero-order valence-corrected chi connectivity index (χ0v) is 14.2. The van der Waals surface area contributed by atoms with Crippen LogP contribution >= 0.6 is 0 Å². The van der Waals surface area contributed by atoms with Gasteiger partial charge in [0.15, 0.2) is 5.82 Å². The second kappa shape index (κ2) is 8.39. The molecular formula is C22H23N2. The van der Waals surface area contributed by atoms with Crippen LogP contribution in [-0.2, 0) is 6.42 Å². The van der Waals surface area contributed by atoms with E-state index in [-0.39, 0.29) is 0 Å². The lowest BCUT2D eigenvalue weighted by Crippen LogP contribution is -1.91. The Hall–Kier alpha value is -2.48. The van der Waals surface area contributed by atoms with Gasteiger partial charge in [0.2, 0.25) is 0 Å². The van der Waals surface area contributed by atoms with Gasteiger partial charge in [0.1, 0.15) is 0 Å². The minimum Gasteiger partial charge on any atom is -0.236 e. The first-order valence-corrected chi connectivity index (χ1v) is 8.74. The number of benzene rings is 2. The molecule has 0 N–H and O–H groups in total. The van der Waals surface area contributed by atoms with Gasteiger partial charge >= 0.3 is 0 Å². The Morgan fingerprint density at radius 2 is 1.46 bits per heavy atom. The number of unbranched alkanes of at least 4 members (excludes halogenated alkanes) is 3. The van der Waals surface area contributed by atoms with Gasteiger partial charge in [-0.1, -0.05) is 74.7 Å². The summed E-state index contributed by atoms with van der Waals surface area (Å²) in [6.07, 6.45) is 10.1. The Kier molecular flexibility index (Phi) is 5.73. The average molecular weight is 315 g/mol. The van der Waals surface area contributed by atoms with E-state index in [2.05, 4.69) is 47.2 Å².